The van der Waals surface area contributed by atoms with Crippen molar-refractivity contribution in [2.75, 3.05) is 6.61 Å². The maximum absolute atomic E-state index is 6.30. The van der Waals surface area contributed by atoms with Crippen molar-refractivity contribution in [2.24, 2.45) is 0 Å². The zero-order valence-electron chi connectivity index (χ0n) is 11.5. The fraction of sp³-hybridized carbons (Fsp3) is 0.571. The average molecular weight is 314 g/mol. The minimum atomic E-state index is -0.166. The Hall–Kier alpha value is -0.840. The van der Waals surface area contributed by atoms with Crippen molar-refractivity contribution < 1.29 is 4.74 Å². The number of hydrogen-bond donors (Lipinski definition) is 0. The smallest absolute Gasteiger partial charge is 0.160 e. The Morgan fingerprint density at radius 2 is 2.30 bits per heavy atom. The van der Waals surface area contributed by atoms with E-state index in [1.807, 2.05) is 13.0 Å². The Bertz CT molecular complexity index is 626. The SMILES string of the molecule is CC1CC(n2c(C(C)Cl)nc3cc(Cl)cnc32)CCO1. The molecule has 0 saturated carbocycles. The monoisotopic (exact) mass is 313 g/mol. The van der Waals surface area contributed by atoms with Crippen LogP contribution < -0.4 is 0 Å². The first-order valence-electron chi connectivity index (χ1n) is 6.85. The van der Waals surface area contributed by atoms with E-state index in [0.717, 1.165) is 36.4 Å². The lowest BCUT2D eigenvalue weighted by Crippen LogP contribution is -2.26. The van der Waals surface area contributed by atoms with Gasteiger partial charge in [-0.1, -0.05) is 11.6 Å². The average Bonchev–Trinajstić information content (AvgIpc) is 2.77. The van der Waals surface area contributed by atoms with E-state index < -0.39 is 0 Å². The van der Waals surface area contributed by atoms with Gasteiger partial charge in [0.2, 0.25) is 0 Å². The summed E-state index contributed by atoms with van der Waals surface area (Å²) in [4.78, 5) is 9.07. The molecule has 108 valence electrons. The third-order valence-electron chi connectivity index (χ3n) is 3.70. The number of alkyl halides is 1. The summed E-state index contributed by atoms with van der Waals surface area (Å²) in [5.41, 5.74) is 1.66. The molecule has 6 heteroatoms. The van der Waals surface area contributed by atoms with E-state index >= 15 is 0 Å². The molecule has 1 aliphatic rings. The molecule has 3 atom stereocenters. The van der Waals surface area contributed by atoms with Crippen LogP contribution in [0.3, 0.4) is 0 Å². The molecular weight excluding hydrogens is 297 g/mol. The molecule has 1 aliphatic heterocycles. The number of imidazole rings is 1. The topological polar surface area (TPSA) is 39.9 Å². The molecule has 0 spiro atoms. The Balaban J connectivity index is 2.13. The van der Waals surface area contributed by atoms with Gasteiger partial charge in [-0.05, 0) is 32.8 Å². The normalized spacial score (nSPS) is 25.0. The first kappa shape index (κ1) is 14.1. The van der Waals surface area contributed by atoms with Gasteiger partial charge >= 0.3 is 0 Å². The summed E-state index contributed by atoms with van der Waals surface area (Å²) in [6.07, 6.45) is 3.81. The summed E-state index contributed by atoms with van der Waals surface area (Å²) in [5.74, 6) is 0.857. The van der Waals surface area contributed by atoms with E-state index in [-0.39, 0.29) is 11.5 Å². The molecule has 4 nitrogen and oxygen atoms in total. The molecule has 3 heterocycles. The van der Waals surface area contributed by atoms with E-state index in [4.69, 9.17) is 27.9 Å². The maximum atomic E-state index is 6.30. The molecule has 20 heavy (non-hydrogen) atoms. The van der Waals surface area contributed by atoms with Crippen LogP contribution in [-0.2, 0) is 4.74 Å². The van der Waals surface area contributed by atoms with Gasteiger partial charge in [0.05, 0.1) is 16.5 Å². The van der Waals surface area contributed by atoms with Gasteiger partial charge < -0.3 is 9.30 Å². The van der Waals surface area contributed by atoms with Gasteiger partial charge in [0.1, 0.15) is 11.3 Å². The number of aromatic nitrogens is 3. The maximum Gasteiger partial charge on any atom is 0.160 e. The zero-order valence-corrected chi connectivity index (χ0v) is 13.0. The Morgan fingerprint density at radius 1 is 1.50 bits per heavy atom. The van der Waals surface area contributed by atoms with Gasteiger partial charge in [-0.15, -0.1) is 11.6 Å². The van der Waals surface area contributed by atoms with Crippen LogP contribution in [0.5, 0.6) is 0 Å². The molecule has 0 bridgehead atoms. The number of fused-ring (bicyclic) bond motifs is 1. The van der Waals surface area contributed by atoms with Crippen LogP contribution >= 0.6 is 23.2 Å². The van der Waals surface area contributed by atoms with Gasteiger partial charge in [0, 0.05) is 18.8 Å². The summed E-state index contributed by atoms with van der Waals surface area (Å²) in [7, 11) is 0. The highest BCUT2D eigenvalue weighted by Gasteiger charge is 2.27. The predicted octanol–water partition coefficient (Wildman–Crippen LogP) is 4.12. The van der Waals surface area contributed by atoms with Crippen molar-refractivity contribution in [3.63, 3.8) is 0 Å². The first-order chi connectivity index (χ1) is 9.56. The van der Waals surface area contributed by atoms with Crippen LogP contribution in [0.2, 0.25) is 5.02 Å². The number of halogens is 2. The van der Waals surface area contributed by atoms with E-state index in [1.165, 1.54) is 0 Å². The highest BCUT2D eigenvalue weighted by atomic mass is 35.5. The van der Waals surface area contributed by atoms with Crippen LogP contribution in [0.1, 0.15) is 43.9 Å². The van der Waals surface area contributed by atoms with E-state index in [9.17, 15) is 0 Å². The molecule has 0 N–H and O–H groups in total. The van der Waals surface area contributed by atoms with Crippen molar-refractivity contribution >= 4 is 34.4 Å². The van der Waals surface area contributed by atoms with Crippen LogP contribution in [0.4, 0.5) is 0 Å². The van der Waals surface area contributed by atoms with Crippen molar-refractivity contribution in [2.45, 2.75) is 44.2 Å². The minimum Gasteiger partial charge on any atom is -0.378 e. The van der Waals surface area contributed by atoms with E-state index in [2.05, 4.69) is 21.5 Å². The number of nitrogens with zero attached hydrogens (tertiary/aromatic N) is 3. The lowest BCUT2D eigenvalue weighted by Gasteiger charge is -2.29. The molecular formula is C14H17Cl2N3O. The molecule has 1 saturated heterocycles. The van der Waals surface area contributed by atoms with Gasteiger partial charge in [0.15, 0.2) is 5.65 Å². The predicted molar refractivity (Wildman–Crippen MR) is 80.5 cm³/mol. The lowest BCUT2D eigenvalue weighted by molar-refractivity contribution is 0.00612. The lowest BCUT2D eigenvalue weighted by atomic mass is 10.0. The highest BCUT2D eigenvalue weighted by Crippen LogP contribution is 2.33. The molecule has 0 aliphatic carbocycles. The second-order valence-corrected chi connectivity index (χ2v) is 6.40. The molecule has 2 aromatic rings. The molecule has 1 fully saturated rings. The number of pyridine rings is 1. The molecule has 0 aromatic carbocycles. The second-order valence-electron chi connectivity index (χ2n) is 5.31. The van der Waals surface area contributed by atoms with Gasteiger partial charge in [-0.25, -0.2) is 9.97 Å². The molecule has 3 rings (SSSR count). The van der Waals surface area contributed by atoms with Gasteiger partial charge in [0.25, 0.3) is 0 Å². The summed E-state index contributed by atoms with van der Waals surface area (Å²) in [6, 6.07) is 2.17. The Morgan fingerprint density at radius 3 is 3.00 bits per heavy atom. The van der Waals surface area contributed by atoms with E-state index in [0.29, 0.717) is 11.1 Å². The van der Waals surface area contributed by atoms with Gasteiger partial charge in [-0.2, -0.15) is 0 Å². The minimum absolute atomic E-state index is 0.166. The third-order valence-corrected chi connectivity index (χ3v) is 4.10. The fourth-order valence-electron chi connectivity index (χ4n) is 2.82. The molecule has 0 radical (unpaired) electrons. The van der Waals surface area contributed by atoms with Crippen LogP contribution in [-0.4, -0.2) is 27.2 Å². The van der Waals surface area contributed by atoms with E-state index in [1.54, 1.807) is 6.20 Å². The Kier molecular flexibility index (Phi) is 3.89. The molecule has 3 unspecified atom stereocenters. The molecule has 2 aromatic heterocycles. The number of rotatable bonds is 2. The van der Waals surface area contributed by atoms with Crippen molar-refractivity contribution in [1.29, 1.82) is 0 Å². The first-order valence-corrected chi connectivity index (χ1v) is 7.66. The van der Waals surface area contributed by atoms with Crippen LogP contribution in [0, 0.1) is 0 Å². The molecule has 0 amide bonds. The Labute approximate surface area is 128 Å². The standard InChI is InChI=1S/C14H17Cl2N3O/c1-8-5-11(3-4-20-8)19-13(9(2)15)18-12-6-10(16)7-17-14(12)19/h6-9,11H,3-5H2,1-2H3. The summed E-state index contributed by atoms with van der Waals surface area (Å²) in [5, 5.41) is 0.428. The summed E-state index contributed by atoms with van der Waals surface area (Å²) >= 11 is 12.3. The second kappa shape index (κ2) is 5.51. The van der Waals surface area contributed by atoms with Crippen molar-refractivity contribution in [3.05, 3.63) is 23.1 Å². The van der Waals surface area contributed by atoms with Crippen molar-refractivity contribution in [3.8, 4) is 0 Å². The summed E-state index contributed by atoms with van der Waals surface area (Å²) < 4.78 is 7.80. The van der Waals surface area contributed by atoms with Crippen LogP contribution in [0.15, 0.2) is 12.3 Å². The zero-order chi connectivity index (χ0) is 14.3. The number of hydrogen-bond acceptors (Lipinski definition) is 3. The van der Waals surface area contributed by atoms with Crippen molar-refractivity contribution in [1.82, 2.24) is 14.5 Å². The fourth-order valence-corrected chi connectivity index (χ4v) is 3.13. The van der Waals surface area contributed by atoms with Gasteiger partial charge in [-0.3, -0.25) is 0 Å². The number of ether oxygens (including phenoxy) is 1. The van der Waals surface area contributed by atoms with Crippen LogP contribution in [0.25, 0.3) is 11.2 Å². The largest absolute Gasteiger partial charge is 0.378 e. The quantitative estimate of drug-likeness (QED) is 0.783. The summed E-state index contributed by atoms with van der Waals surface area (Å²) in [6.45, 7) is 4.79. The highest BCUT2D eigenvalue weighted by molar-refractivity contribution is 6.31. The third kappa shape index (κ3) is 2.52.